The summed E-state index contributed by atoms with van der Waals surface area (Å²) < 4.78 is 0.692. The number of aliphatic hydroxyl groups excluding tert-OH is 4. The van der Waals surface area contributed by atoms with Gasteiger partial charge in [-0.2, -0.15) is 0 Å². The fourth-order valence-corrected chi connectivity index (χ4v) is 7.17. The lowest BCUT2D eigenvalue weighted by Crippen LogP contribution is -2.39. The summed E-state index contributed by atoms with van der Waals surface area (Å²) in [5.41, 5.74) is 0.0976. The molecule has 32 heavy (non-hydrogen) atoms. The monoisotopic (exact) mass is 791 g/mol. The minimum Gasteiger partial charge on any atom is -0.479 e. The van der Waals surface area contributed by atoms with Crippen molar-refractivity contribution in [1.82, 2.24) is 10.6 Å². The molecule has 1 rings (SSSR count). The van der Waals surface area contributed by atoms with E-state index in [4.69, 9.17) is 10.2 Å². The van der Waals surface area contributed by atoms with E-state index < -0.39 is 55.7 Å². The van der Waals surface area contributed by atoms with Crippen molar-refractivity contribution < 1.29 is 44.7 Å². The summed E-state index contributed by atoms with van der Waals surface area (Å²) in [6.07, 6.45) is -3.06. The third-order valence-corrected chi connectivity index (χ3v) is 7.22. The molecule has 178 valence electrons. The number of carboxylic acids is 1. The molecule has 7 N–H and O–H groups in total. The molecule has 1 aromatic carbocycles. The predicted octanol–water partition coefficient (Wildman–Crippen LogP) is -1.29. The topological polar surface area (TPSA) is 197 Å². The number of hydrogen-bond donors (Lipinski definition) is 7. The number of likely N-dealkylation sites (N-methyl/N-ethyl adjacent to an activating group) is 1. The van der Waals surface area contributed by atoms with Gasteiger partial charge in [-0.05, 0) is 67.8 Å². The second-order valence-corrected chi connectivity index (χ2v) is 9.50. The molecule has 0 aliphatic rings. The number of hydrogen-bond acceptors (Lipinski definition) is 8. The van der Waals surface area contributed by atoms with Crippen LogP contribution >= 0.6 is 67.8 Å². The van der Waals surface area contributed by atoms with E-state index in [-0.39, 0.29) is 34.1 Å². The highest BCUT2D eigenvalue weighted by atomic mass is 127. The summed E-state index contributed by atoms with van der Waals surface area (Å²) in [5.74, 6) is -3.75. The molecule has 0 bridgehead atoms. The lowest BCUT2D eigenvalue weighted by molar-refractivity contribution is -0.146. The van der Waals surface area contributed by atoms with Crippen LogP contribution in [0.4, 0.5) is 5.69 Å². The largest absolute Gasteiger partial charge is 0.479 e. The predicted molar refractivity (Wildman–Crippen MR) is 136 cm³/mol. The van der Waals surface area contributed by atoms with Crippen molar-refractivity contribution in [2.24, 2.45) is 0 Å². The van der Waals surface area contributed by atoms with Gasteiger partial charge in [-0.15, -0.1) is 0 Å². The molecule has 0 saturated heterocycles. The zero-order valence-corrected chi connectivity index (χ0v) is 22.9. The normalized spacial score (nSPS) is 12.6. The van der Waals surface area contributed by atoms with E-state index in [2.05, 4.69) is 10.6 Å². The van der Waals surface area contributed by atoms with Gasteiger partial charge >= 0.3 is 5.97 Å². The molecular weight excluding hydrogens is 771 g/mol. The minimum absolute atomic E-state index is 0.00622. The summed E-state index contributed by atoms with van der Waals surface area (Å²) in [6.45, 7) is -2.29. The minimum atomic E-state index is -1.85. The molecule has 2 unspecified atom stereocenters. The molecule has 0 radical (unpaired) electrons. The number of aliphatic carboxylic acids is 1. The Morgan fingerprint density at radius 1 is 0.906 bits per heavy atom. The number of nitrogens with one attached hydrogen (secondary N) is 2. The van der Waals surface area contributed by atoms with Gasteiger partial charge in [-0.25, -0.2) is 4.79 Å². The van der Waals surface area contributed by atoms with Gasteiger partial charge in [0.25, 0.3) is 17.7 Å². The molecule has 0 heterocycles. The van der Waals surface area contributed by atoms with Crippen molar-refractivity contribution in [2.75, 3.05) is 38.3 Å². The van der Waals surface area contributed by atoms with Crippen LogP contribution in [-0.2, 0) is 9.59 Å². The molecule has 0 spiro atoms. The fraction of sp³-hybridized carbons (Fsp3) is 0.412. The van der Waals surface area contributed by atoms with Crippen molar-refractivity contribution in [1.29, 1.82) is 0 Å². The number of halogens is 3. The van der Waals surface area contributed by atoms with Gasteiger partial charge in [-0.3, -0.25) is 14.4 Å². The SMILES string of the molecule is CN(C(=O)CO)c1c(I)c(C(=O)NCC(O)CO)c(I)c(C(=O)NCC(O)C(=O)O)c1I. The Morgan fingerprint density at radius 2 is 1.38 bits per heavy atom. The van der Waals surface area contributed by atoms with E-state index >= 15 is 0 Å². The highest BCUT2D eigenvalue weighted by Gasteiger charge is 2.31. The van der Waals surface area contributed by atoms with Crippen LogP contribution in [0.5, 0.6) is 0 Å². The van der Waals surface area contributed by atoms with E-state index in [1.807, 2.05) is 22.6 Å². The van der Waals surface area contributed by atoms with E-state index in [0.717, 1.165) is 4.90 Å². The molecule has 2 atom stereocenters. The highest BCUT2D eigenvalue weighted by Crippen LogP contribution is 2.37. The molecular formula is C17H20I3N3O9. The molecule has 0 aliphatic carbocycles. The number of carbonyl (C=O) groups excluding carboxylic acids is 3. The van der Waals surface area contributed by atoms with Crippen LogP contribution in [0.15, 0.2) is 0 Å². The van der Waals surface area contributed by atoms with Gasteiger partial charge < -0.3 is 41.1 Å². The van der Waals surface area contributed by atoms with Crippen molar-refractivity contribution in [2.45, 2.75) is 12.2 Å². The van der Waals surface area contributed by atoms with Gasteiger partial charge in [0.15, 0.2) is 6.10 Å². The first kappa shape index (κ1) is 29.2. The Kier molecular flexibility index (Phi) is 12.0. The molecule has 1 aromatic rings. The van der Waals surface area contributed by atoms with Crippen LogP contribution < -0.4 is 15.5 Å². The lowest BCUT2D eigenvalue weighted by Gasteiger charge is -2.25. The van der Waals surface area contributed by atoms with Crippen molar-refractivity contribution in [3.05, 3.63) is 21.8 Å². The van der Waals surface area contributed by atoms with Crippen LogP contribution in [0.2, 0.25) is 0 Å². The third kappa shape index (κ3) is 7.06. The second-order valence-electron chi connectivity index (χ2n) is 6.26. The summed E-state index contributed by atoms with van der Waals surface area (Å²) >= 11 is 5.35. The summed E-state index contributed by atoms with van der Waals surface area (Å²) in [4.78, 5) is 49.7. The molecule has 0 aliphatic heterocycles. The average Bonchev–Trinajstić information content (AvgIpc) is 2.74. The van der Waals surface area contributed by atoms with E-state index in [0.29, 0.717) is 0 Å². The number of anilines is 1. The van der Waals surface area contributed by atoms with Gasteiger partial charge in [0.05, 0.1) is 43.2 Å². The van der Waals surface area contributed by atoms with Gasteiger partial charge in [0, 0.05) is 17.2 Å². The maximum absolute atomic E-state index is 12.8. The smallest absolute Gasteiger partial charge is 0.334 e. The lowest BCUT2D eigenvalue weighted by atomic mass is 10.1. The Labute approximate surface area is 223 Å². The zero-order valence-electron chi connectivity index (χ0n) is 16.4. The number of aliphatic hydroxyl groups is 4. The third-order valence-electron chi connectivity index (χ3n) is 4.04. The summed E-state index contributed by atoms with van der Waals surface area (Å²) in [6, 6.07) is 0. The summed E-state index contributed by atoms with van der Waals surface area (Å²) in [7, 11) is 1.35. The van der Waals surface area contributed by atoms with Gasteiger partial charge in [-0.1, -0.05) is 0 Å². The first-order chi connectivity index (χ1) is 14.9. The van der Waals surface area contributed by atoms with Crippen LogP contribution in [0, 0.1) is 10.7 Å². The second kappa shape index (κ2) is 13.1. The average molecular weight is 791 g/mol. The number of carbonyl (C=O) groups is 4. The van der Waals surface area contributed by atoms with Gasteiger partial charge in [0.2, 0.25) is 0 Å². The zero-order chi connectivity index (χ0) is 24.7. The Hall–Kier alpha value is -0.870. The maximum atomic E-state index is 12.8. The van der Waals surface area contributed by atoms with Crippen LogP contribution in [0.25, 0.3) is 0 Å². The van der Waals surface area contributed by atoms with Gasteiger partial charge in [0.1, 0.15) is 6.61 Å². The molecule has 0 saturated carbocycles. The number of nitrogens with zero attached hydrogens (tertiary/aromatic N) is 1. The standard InChI is InChI=1S/C17H20I3N3O9/c1-23(8(28)5-25)14-12(19)9(15(29)21-2-6(26)4-24)11(18)10(13(14)20)16(30)22-3-7(27)17(31)32/h6-7,24-27H,2-5H2,1H3,(H,21,29)(H,22,30)(H,31,32). The van der Waals surface area contributed by atoms with Crippen LogP contribution in [-0.4, -0.2) is 94.8 Å². The fourth-order valence-electron chi connectivity index (χ4n) is 2.30. The summed E-state index contributed by atoms with van der Waals surface area (Å²) in [5, 5.41) is 50.6. The molecule has 3 amide bonds. The highest BCUT2D eigenvalue weighted by molar-refractivity contribution is 14.1. The van der Waals surface area contributed by atoms with E-state index in [9.17, 15) is 34.5 Å². The first-order valence-corrected chi connectivity index (χ1v) is 12.0. The first-order valence-electron chi connectivity index (χ1n) is 8.72. The quantitative estimate of drug-likeness (QED) is 0.141. The van der Waals surface area contributed by atoms with E-state index in [1.165, 1.54) is 7.05 Å². The molecule has 0 fully saturated rings. The number of benzene rings is 1. The molecule has 15 heteroatoms. The number of amides is 3. The Balaban J connectivity index is 3.60. The van der Waals surface area contributed by atoms with Crippen molar-refractivity contribution in [3.63, 3.8) is 0 Å². The van der Waals surface area contributed by atoms with Crippen molar-refractivity contribution >= 4 is 97.2 Å². The molecule has 12 nitrogen and oxygen atoms in total. The van der Waals surface area contributed by atoms with Crippen LogP contribution in [0.3, 0.4) is 0 Å². The van der Waals surface area contributed by atoms with Crippen LogP contribution in [0.1, 0.15) is 20.7 Å². The van der Waals surface area contributed by atoms with Crippen molar-refractivity contribution in [3.8, 4) is 0 Å². The number of carboxylic acid groups (broad SMARTS) is 1. The maximum Gasteiger partial charge on any atom is 0.334 e. The molecule has 0 aromatic heterocycles. The Morgan fingerprint density at radius 3 is 1.78 bits per heavy atom. The number of rotatable bonds is 10. The Bertz CT molecular complexity index is 913. The van der Waals surface area contributed by atoms with E-state index in [1.54, 1.807) is 45.2 Å².